The van der Waals surface area contributed by atoms with Crippen LogP contribution in [0.4, 0.5) is 11.4 Å². The quantitative estimate of drug-likeness (QED) is 0.721. The standard InChI is InChI=1S/C14H14BrN3O3/c1-8(15)7-16-13(20)14(21)17-10-3-4-11-9(6-10)2-5-12(19)18-11/h3-4,6H,1-2,5,7H2,(H,16,20)(H,17,21)(H,18,19). The van der Waals surface area contributed by atoms with Gasteiger partial charge in [0.05, 0.1) is 0 Å². The molecule has 0 bridgehead atoms. The summed E-state index contributed by atoms with van der Waals surface area (Å²) < 4.78 is 0.577. The van der Waals surface area contributed by atoms with Crippen molar-refractivity contribution in [3.8, 4) is 0 Å². The smallest absolute Gasteiger partial charge is 0.313 e. The third kappa shape index (κ3) is 4.16. The van der Waals surface area contributed by atoms with E-state index >= 15 is 0 Å². The number of nitrogens with one attached hydrogen (secondary N) is 3. The topological polar surface area (TPSA) is 87.3 Å². The molecule has 0 atom stereocenters. The lowest BCUT2D eigenvalue weighted by Crippen LogP contribution is -2.36. The van der Waals surface area contributed by atoms with E-state index in [0.717, 1.165) is 11.3 Å². The van der Waals surface area contributed by atoms with Crippen LogP contribution in [0.1, 0.15) is 12.0 Å². The number of carbonyl (C=O) groups excluding carboxylic acids is 3. The Balaban J connectivity index is 2.00. The zero-order valence-electron chi connectivity index (χ0n) is 11.2. The zero-order chi connectivity index (χ0) is 15.4. The lowest BCUT2D eigenvalue weighted by Gasteiger charge is -2.17. The number of benzene rings is 1. The van der Waals surface area contributed by atoms with Gasteiger partial charge in [-0.25, -0.2) is 0 Å². The molecule has 3 amide bonds. The van der Waals surface area contributed by atoms with Gasteiger partial charge in [-0.2, -0.15) is 0 Å². The monoisotopic (exact) mass is 351 g/mol. The van der Waals surface area contributed by atoms with Crippen LogP contribution in [0.15, 0.2) is 29.3 Å². The second-order valence-corrected chi connectivity index (χ2v) is 5.70. The Bertz CT molecular complexity index is 628. The fourth-order valence-electron chi connectivity index (χ4n) is 1.91. The van der Waals surface area contributed by atoms with Gasteiger partial charge in [-0.3, -0.25) is 14.4 Å². The molecule has 7 heteroatoms. The molecular weight excluding hydrogens is 338 g/mol. The average Bonchev–Trinajstić information content (AvgIpc) is 2.44. The number of carbonyl (C=O) groups is 3. The van der Waals surface area contributed by atoms with Gasteiger partial charge in [-0.15, -0.1) is 0 Å². The number of aryl methyl sites for hydroxylation is 1. The predicted molar refractivity (Wildman–Crippen MR) is 83.1 cm³/mol. The van der Waals surface area contributed by atoms with E-state index in [2.05, 4.69) is 38.5 Å². The van der Waals surface area contributed by atoms with Gasteiger partial charge >= 0.3 is 11.8 Å². The summed E-state index contributed by atoms with van der Waals surface area (Å²) in [6.45, 7) is 3.74. The van der Waals surface area contributed by atoms with Gasteiger partial charge in [-0.1, -0.05) is 22.5 Å². The Kier molecular flexibility index (Phi) is 4.74. The number of anilines is 2. The van der Waals surface area contributed by atoms with Crippen LogP contribution in [0.5, 0.6) is 0 Å². The van der Waals surface area contributed by atoms with E-state index in [-0.39, 0.29) is 12.5 Å². The van der Waals surface area contributed by atoms with Crippen LogP contribution >= 0.6 is 15.9 Å². The fraction of sp³-hybridized carbons (Fsp3) is 0.214. The largest absolute Gasteiger partial charge is 0.343 e. The van der Waals surface area contributed by atoms with Crippen LogP contribution in [-0.4, -0.2) is 24.3 Å². The van der Waals surface area contributed by atoms with Crippen molar-refractivity contribution < 1.29 is 14.4 Å². The Morgan fingerprint density at radius 3 is 2.76 bits per heavy atom. The summed E-state index contributed by atoms with van der Waals surface area (Å²) in [4.78, 5) is 34.5. The van der Waals surface area contributed by atoms with Crippen molar-refractivity contribution in [2.75, 3.05) is 17.2 Å². The predicted octanol–water partition coefficient (Wildman–Crippen LogP) is 1.53. The molecule has 0 unspecified atom stereocenters. The van der Waals surface area contributed by atoms with Crippen molar-refractivity contribution in [1.29, 1.82) is 0 Å². The van der Waals surface area contributed by atoms with Crippen molar-refractivity contribution in [3.05, 3.63) is 34.8 Å². The van der Waals surface area contributed by atoms with E-state index in [1.54, 1.807) is 18.2 Å². The van der Waals surface area contributed by atoms with Crippen LogP contribution in [0.25, 0.3) is 0 Å². The molecule has 1 aromatic carbocycles. The summed E-state index contributed by atoms with van der Waals surface area (Å²) in [6, 6.07) is 5.10. The van der Waals surface area contributed by atoms with Crippen molar-refractivity contribution in [2.24, 2.45) is 0 Å². The Morgan fingerprint density at radius 2 is 2.05 bits per heavy atom. The van der Waals surface area contributed by atoms with Crippen LogP contribution in [-0.2, 0) is 20.8 Å². The molecule has 0 saturated heterocycles. The maximum Gasteiger partial charge on any atom is 0.313 e. The van der Waals surface area contributed by atoms with Crippen LogP contribution in [0.2, 0.25) is 0 Å². The third-order valence-electron chi connectivity index (χ3n) is 2.91. The Hall–Kier alpha value is -2.15. The highest BCUT2D eigenvalue weighted by atomic mass is 79.9. The molecule has 3 N–H and O–H groups in total. The van der Waals surface area contributed by atoms with Crippen LogP contribution in [0.3, 0.4) is 0 Å². The molecule has 1 aliphatic heterocycles. The van der Waals surface area contributed by atoms with Crippen molar-refractivity contribution in [3.63, 3.8) is 0 Å². The van der Waals surface area contributed by atoms with Gasteiger partial charge in [0.15, 0.2) is 0 Å². The van der Waals surface area contributed by atoms with E-state index in [0.29, 0.717) is 23.0 Å². The molecule has 0 fully saturated rings. The Labute approximate surface area is 130 Å². The number of hydrogen-bond donors (Lipinski definition) is 3. The lowest BCUT2D eigenvalue weighted by molar-refractivity contribution is -0.136. The minimum Gasteiger partial charge on any atom is -0.343 e. The molecule has 0 spiro atoms. The molecule has 2 rings (SSSR count). The average molecular weight is 352 g/mol. The molecule has 6 nitrogen and oxygen atoms in total. The normalized spacial score (nSPS) is 12.9. The molecule has 110 valence electrons. The number of amides is 3. The summed E-state index contributed by atoms with van der Waals surface area (Å²) in [6.07, 6.45) is 1.03. The summed E-state index contributed by atoms with van der Waals surface area (Å²) in [5.41, 5.74) is 2.19. The molecule has 0 radical (unpaired) electrons. The summed E-state index contributed by atoms with van der Waals surface area (Å²) >= 11 is 3.09. The van der Waals surface area contributed by atoms with E-state index in [4.69, 9.17) is 0 Å². The van der Waals surface area contributed by atoms with Crippen molar-refractivity contribution in [2.45, 2.75) is 12.8 Å². The van der Waals surface area contributed by atoms with Gasteiger partial charge in [0.1, 0.15) is 0 Å². The molecule has 1 heterocycles. The molecule has 0 aromatic heterocycles. The molecule has 0 aliphatic carbocycles. The first-order valence-corrected chi connectivity index (χ1v) is 7.10. The molecule has 0 saturated carbocycles. The number of fused-ring (bicyclic) bond motifs is 1. The lowest BCUT2D eigenvalue weighted by atomic mass is 10.0. The fourth-order valence-corrected chi connectivity index (χ4v) is 2.05. The first kappa shape index (κ1) is 15.2. The van der Waals surface area contributed by atoms with Gasteiger partial charge in [0.2, 0.25) is 5.91 Å². The van der Waals surface area contributed by atoms with E-state index in [1.165, 1.54) is 0 Å². The second kappa shape index (κ2) is 6.53. The Morgan fingerprint density at radius 1 is 1.29 bits per heavy atom. The maximum atomic E-state index is 11.7. The highest BCUT2D eigenvalue weighted by Crippen LogP contribution is 2.25. The zero-order valence-corrected chi connectivity index (χ0v) is 12.7. The number of hydrogen-bond acceptors (Lipinski definition) is 3. The van der Waals surface area contributed by atoms with Crippen LogP contribution in [0, 0.1) is 0 Å². The van der Waals surface area contributed by atoms with E-state index < -0.39 is 11.8 Å². The second-order valence-electron chi connectivity index (χ2n) is 4.57. The minimum absolute atomic E-state index is 0.0198. The molecule has 21 heavy (non-hydrogen) atoms. The summed E-state index contributed by atoms with van der Waals surface area (Å²) in [5.74, 6) is -1.50. The first-order valence-electron chi connectivity index (χ1n) is 6.31. The van der Waals surface area contributed by atoms with Gasteiger partial charge < -0.3 is 16.0 Å². The molecule has 1 aromatic rings. The van der Waals surface area contributed by atoms with Crippen molar-refractivity contribution in [1.82, 2.24) is 5.32 Å². The summed E-state index contributed by atoms with van der Waals surface area (Å²) in [7, 11) is 0. The molecular formula is C14H14BrN3O3. The SMILES string of the molecule is C=C(Br)CNC(=O)C(=O)Nc1ccc2c(c1)CCC(=O)N2. The van der Waals surface area contributed by atoms with E-state index in [1.807, 2.05) is 0 Å². The van der Waals surface area contributed by atoms with Gasteiger partial charge in [-0.05, 0) is 30.2 Å². The van der Waals surface area contributed by atoms with Crippen molar-refractivity contribution >= 4 is 45.0 Å². The van der Waals surface area contributed by atoms with Gasteiger partial charge in [0.25, 0.3) is 0 Å². The maximum absolute atomic E-state index is 11.7. The number of halogens is 1. The van der Waals surface area contributed by atoms with E-state index in [9.17, 15) is 14.4 Å². The summed E-state index contributed by atoms with van der Waals surface area (Å²) in [5, 5.41) is 7.68. The van der Waals surface area contributed by atoms with Crippen LogP contribution < -0.4 is 16.0 Å². The molecule has 1 aliphatic rings. The minimum atomic E-state index is -0.747. The first-order chi connectivity index (χ1) is 9.95. The highest BCUT2D eigenvalue weighted by molar-refractivity contribution is 9.11. The highest BCUT2D eigenvalue weighted by Gasteiger charge is 2.17. The van der Waals surface area contributed by atoms with Gasteiger partial charge in [0, 0.05) is 28.8 Å². The third-order valence-corrected chi connectivity index (χ3v) is 3.19. The number of rotatable bonds is 3.